The first-order valence-corrected chi connectivity index (χ1v) is 6.52. The van der Waals surface area contributed by atoms with E-state index in [0.717, 1.165) is 5.69 Å². The zero-order valence-corrected chi connectivity index (χ0v) is 11.7. The SMILES string of the molecule is CNC(=O)c1ccsc1NC(=O)c1cc(C)nn1C. The number of hydrogen-bond acceptors (Lipinski definition) is 4. The summed E-state index contributed by atoms with van der Waals surface area (Å²) in [6, 6.07) is 3.37. The molecular weight excluding hydrogens is 264 g/mol. The van der Waals surface area contributed by atoms with E-state index in [1.54, 1.807) is 31.6 Å². The van der Waals surface area contributed by atoms with E-state index in [1.807, 2.05) is 6.92 Å². The maximum atomic E-state index is 12.1. The van der Waals surface area contributed by atoms with E-state index in [-0.39, 0.29) is 11.8 Å². The minimum Gasteiger partial charge on any atom is -0.355 e. The minimum absolute atomic E-state index is 0.224. The molecule has 0 aromatic carbocycles. The molecule has 6 nitrogen and oxygen atoms in total. The van der Waals surface area contributed by atoms with Crippen LogP contribution >= 0.6 is 11.3 Å². The Morgan fingerprint density at radius 2 is 2.11 bits per heavy atom. The second-order valence-corrected chi connectivity index (χ2v) is 4.91. The molecule has 2 heterocycles. The Hall–Kier alpha value is -2.15. The molecule has 0 aliphatic rings. The fraction of sp³-hybridized carbons (Fsp3) is 0.250. The van der Waals surface area contributed by atoms with Crippen LogP contribution in [0.3, 0.4) is 0 Å². The number of anilines is 1. The molecule has 0 spiro atoms. The van der Waals surface area contributed by atoms with Gasteiger partial charge in [0.1, 0.15) is 10.7 Å². The van der Waals surface area contributed by atoms with E-state index in [0.29, 0.717) is 16.3 Å². The van der Waals surface area contributed by atoms with Crippen molar-refractivity contribution >= 4 is 28.2 Å². The first-order valence-electron chi connectivity index (χ1n) is 5.64. The summed E-state index contributed by atoms with van der Waals surface area (Å²) in [7, 11) is 3.26. The van der Waals surface area contributed by atoms with Gasteiger partial charge in [-0.3, -0.25) is 14.3 Å². The molecule has 0 saturated carbocycles. The number of nitrogens with one attached hydrogen (secondary N) is 2. The summed E-state index contributed by atoms with van der Waals surface area (Å²) in [4.78, 5) is 23.7. The Balaban J connectivity index is 2.22. The average molecular weight is 278 g/mol. The van der Waals surface area contributed by atoms with Crippen molar-refractivity contribution in [3.63, 3.8) is 0 Å². The molecule has 2 aromatic rings. The van der Waals surface area contributed by atoms with E-state index >= 15 is 0 Å². The minimum atomic E-state index is -0.282. The number of hydrogen-bond donors (Lipinski definition) is 2. The fourth-order valence-corrected chi connectivity index (χ4v) is 2.49. The lowest BCUT2D eigenvalue weighted by molar-refractivity contribution is 0.0964. The number of aryl methyl sites for hydroxylation is 2. The van der Waals surface area contributed by atoms with E-state index < -0.39 is 0 Å². The van der Waals surface area contributed by atoms with Gasteiger partial charge in [-0.15, -0.1) is 11.3 Å². The lowest BCUT2D eigenvalue weighted by atomic mass is 10.3. The summed E-state index contributed by atoms with van der Waals surface area (Å²) in [5, 5.41) is 11.7. The second-order valence-electron chi connectivity index (χ2n) is 3.99. The zero-order chi connectivity index (χ0) is 14.0. The molecule has 19 heavy (non-hydrogen) atoms. The van der Waals surface area contributed by atoms with Crippen LogP contribution in [0.2, 0.25) is 0 Å². The van der Waals surface area contributed by atoms with Gasteiger partial charge in [0.15, 0.2) is 0 Å². The van der Waals surface area contributed by atoms with Crippen LogP contribution < -0.4 is 10.6 Å². The van der Waals surface area contributed by atoms with Crippen LogP contribution in [-0.2, 0) is 7.05 Å². The summed E-state index contributed by atoms with van der Waals surface area (Å²) in [5.74, 6) is -0.506. The summed E-state index contributed by atoms with van der Waals surface area (Å²) < 4.78 is 1.51. The van der Waals surface area contributed by atoms with Crippen LogP contribution in [0, 0.1) is 6.92 Å². The molecule has 0 fully saturated rings. The molecule has 0 aliphatic heterocycles. The molecule has 0 unspecified atom stereocenters. The van der Waals surface area contributed by atoms with Crippen LogP contribution in [0.5, 0.6) is 0 Å². The van der Waals surface area contributed by atoms with Crippen LogP contribution in [0.25, 0.3) is 0 Å². The largest absolute Gasteiger partial charge is 0.355 e. The Labute approximate surface area is 114 Å². The molecule has 2 rings (SSSR count). The number of carbonyl (C=O) groups is 2. The monoisotopic (exact) mass is 278 g/mol. The van der Waals surface area contributed by atoms with Crippen molar-refractivity contribution in [1.29, 1.82) is 0 Å². The van der Waals surface area contributed by atoms with Crippen molar-refractivity contribution in [1.82, 2.24) is 15.1 Å². The highest BCUT2D eigenvalue weighted by atomic mass is 32.1. The Bertz CT molecular complexity index is 629. The highest BCUT2D eigenvalue weighted by Gasteiger charge is 2.17. The van der Waals surface area contributed by atoms with E-state index in [9.17, 15) is 9.59 Å². The van der Waals surface area contributed by atoms with Crippen molar-refractivity contribution < 1.29 is 9.59 Å². The van der Waals surface area contributed by atoms with Gasteiger partial charge in [-0.05, 0) is 24.4 Å². The molecule has 2 aromatic heterocycles. The molecule has 7 heteroatoms. The van der Waals surface area contributed by atoms with Crippen LogP contribution in [0.4, 0.5) is 5.00 Å². The van der Waals surface area contributed by atoms with Crippen LogP contribution in [0.15, 0.2) is 17.5 Å². The normalized spacial score (nSPS) is 10.3. The standard InChI is InChI=1S/C12H14N4O2S/c1-7-6-9(16(3)15-7)11(18)14-12-8(4-5-19-12)10(17)13-2/h4-6H,1-3H3,(H,13,17)(H,14,18). The lowest BCUT2D eigenvalue weighted by Gasteiger charge is -2.05. The van der Waals surface area contributed by atoms with Crippen molar-refractivity contribution in [3.05, 3.63) is 34.5 Å². The van der Waals surface area contributed by atoms with Gasteiger partial charge < -0.3 is 10.6 Å². The van der Waals surface area contributed by atoms with Crippen molar-refractivity contribution in [2.45, 2.75) is 6.92 Å². The lowest BCUT2D eigenvalue weighted by Crippen LogP contribution is -2.21. The molecule has 0 radical (unpaired) electrons. The summed E-state index contributed by atoms with van der Waals surface area (Å²) in [6.07, 6.45) is 0. The summed E-state index contributed by atoms with van der Waals surface area (Å²) in [6.45, 7) is 1.82. The predicted molar refractivity (Wildman–Crippen MR) is 73.6 cm³/mol. The Kier molecular flexibility index (Phi) is 3.66. The third kappa shape index (κ3) is 2.65. The predicted octanol–water partition coefficient (Wildman–Crippen LogP) is 1.40. The third-order valence-corrected chi connectivity index (χ3v) is 3.43. The third-order valence-electron chi connectivity index (χ3n) is 2.60. The Morgan fingerprint density at radius 3 is 2.68 bits per heavy atom. The molecular formula is C12H14N4O2S. The average Bonchev–Trinajstić information content (AvgIpc) is 2.95. The van der Waals surface area contributed by atoms with Gasteiger partial charge in [-0.25, -0.2) is 0 Å². The number of amides is 2. The van der Waals surface area contributed by atoms with Gasteiger partial charge >= 0.3 is 0 Å². The molecule has 0 bridgehead atoms. The van der Waals surface area contributed by atoms with Gasteiger partial charge in [0.2, 0.25) is 0 Å². The van der Waals surface area contributed by atoms with Crippen molar-refractivity contribution in [2.75, 3.05) is 12.4 Å². The molecule has 0 atom stereocenters. The first kappa shape index (κ1) is 13.3. The van der Waals surface area contributed by atoms with Gasteiger partial charge in [0.05, 0.1) is 11.3 Å². The van der Waals surface area contributed by atoms with Crippen molar-refractivity contribution in [3.8, 4) is 0 Å². The Morgan fingerprint density at radius 1 is 1.37 bits per heavy atom. The van der Waals surface area contributed by atoms with Crippen molar-refractivity contribution in [2.24, 2.45) is 7.05 Å². The van der Waals surface area contributed by atoms with Gasteiger partial charge in [0.25, 0.3) is 11.8 Å². The number of carbonyl (C=O) groups excluding carboxylic acids is 2. The second kappa shape index (κ2) is 5.23. The van der Waals surface area contributed by atoms with Gasteiger partial charge in [-0.1, -0.05) is 0 Å². The molecule has 2 amide bonds. The molecule has 100 valence electrons. The quantitative estimate of drug-likeness (QED) is 0.891. The molecule has 0 saturated heterocycles. The maximum Gasteiger partial charge on any atom is 0.274 e. The fourth-order valence-electron chi connectivity index (χ4n) is 1.71. The highest BCUT2D eigenvalue weighted by molar-refractivity contribution is 7.14. The highest BCUT2D eigenvalue weighted by Crippen LogP contribution is 2.23. The number of aromatic nitrogens is 2. The number of nitrogens with zero attached hydrogens (tertiary/aromatic N) is 2. The number of rotatable bonds is 3. The topological polar surface area (TPSA) is 76.0 Å². The first-order chi connectivity index (χ1) is 9.02. The van der Waals surface area contributed by atoms with Crippen LogP contribution in [-0.4, -0.2) is 28.6 Å². The van der Waals surface area contributed by atoms with E-state index in [1.165, 1.54) is 16.0 Å². The van der Waals surface area contributed by atoms with E-state index in [2.05, 4.69) is 15.7 Å². The molecule has 2 N–H and O–H groups in total. The zero-order valence-electron chi connectivity index (χ0n) is 10.9. The maximum absolute atomic E-state index is 12.1. The summed E-state index contributed by atoms with van der Waals surface area (Å²) in [5.41, 5.74) is 1.68. The summed E-state index contributed by atoms with van der Waals surface area (Å²) >= 11 is 1.31. The van der Waals surface area contributed by atoms with E-state index in [4.69, 9.17) is 0 Å². The molecule has 0 aliphatic carbocycles. The van der Waals surface area contributed by atoms with Crippen LogP contribution in [0.1, 0.15) is 26.5 Å². The van der Waals surface area contributed by atoms with Gasteiger partial charge in [0, 0.05) is 14.1 Å². The van der Waals surface area contributed by atoms with Gasteiger partial charge in [-0.2, -0.15) is 5.10 Å². The smallest absolute Gasteiger partial charge is 0.274 e. The number of thiophene rings is 1.